The van der Waals surface area contributed by atoms with E-state index in [1.54, 1.807) is 0 Å². The lowest BCUT2D eigenvalue weighted by molar-refractivity contribution is -0.148. The molecule has 10 heteroatoms. The number of carbonyl (C=O) groups excluding carboxylic acids is 1. The molecule has 1 rings (SSSR count). The third kappa shape index (κ3) is 4.05. The van der Waals surface area contributed by atoms with Crippen molar-refractivity contribution in [1.82, 2.24) is 4.47 Å². The van der Waals surface area contributed by atoms with E-state index in [1.165, 1.54) is 0 Å². The Morgan fingerprint density at radius 2 is 1.84 bits per heavy atom. The molecule has 0 bridgehead atoms. The number of carbonyl (C=O) groups is 1. The minimum absolute atomic E-state index is 0.306. The number of ether oxygens (including phenoxy) is 1. The lowest BCUT2D eigenvalue weighted by Gasteiger charge is -2.27. The van der Waals surface area contributed by atoms with Crippen LogP contribution in [0.1, 0.15) is 25.7 Å². The maximum Gasteiger partial charge on any atom is 0.510 e. The normalized spacial score (nSPS) is 17.9. The highest BCUT2D eigenvalue weighted by Crippen LogP contribution is 2.27. The van der Waals surface area contributed by atoms with Gasteiger partial charge in [-0.2, -0.15) is 13.2 Å². The Bertz CT molecular complexity index is 416. The summed E-state index contributed by atoms with van der Waals surface area (Å²) in [4.78, 5) is 11.4. The summed E-state index contributed by atoms with van der Waals surface area (Å²) in [6.07, 6.45) is 3.02. The van der Waals surface area contributed by atoms with Crippen LogP contribution in [-0.4, -0.2) is 37.5 Å². The molecule has 0 radical (unpaired) electrons. The summed E-state index contributed by atoms with van der Waals surface area (Å²) in [6, 6.07) is 0. The molecule has 0 N–H and O–H groups in total. The van der Waals surface area contributed by atoms with Crippen LogP contribution < -0.4 is 0 Å². The van der Waals surface area contributed by atoms with Crippen LogP contribution >= 0.6 is 0 Å². The molecule has 0 aliphatic heterocycles. The number of alkyl halides is 3. The second-order valence-electron chi connectivity index (χ2n) is 4.13. The van der Waals surface area contributed by atoms with Gasteiger partial charge in [-0.3, -0.25) is 9.26 Å². The molecule has 1 fully saturated rings. The van der Waals surface area contributed by atoms with Gasteiger partial charge in [-0.05, 0) is 12.8 Å². The van der Waals surface area contributed by atoms with Crippen molar-refractivity contribution >= 4 is 16.0 Å². The predicted octanol–water partition coefficient (Wildman–Crippen LogP) is 1.37. The highest BCUT2D eigenvalue weighted by molar-refractivity contribution is 7.90. The smallest absolute Gasteiger partial charge is 0.510 e. The molecule has 112 valence electrons. The number of rotatable bonds is 5. The Morgan fingerprint density at radius 1 is 1.32 bits per heavy atom. The Hall–Kier alpha value is -0.870. The van der Waals surface area contributed by atoms with Gasteiger partial charge in [0, 0.05) is 6.54 Å². The molecule has 0 heterocycles. The molecule has 0 aromatic rings. The zero-order valence-electron chi connectivity index (χ0n) is 9.85. The number of hydrogen-bond donors (Lipinski definition) is 0. The third-order valence-electron chi connectivity index (χ3n) is 2.77. The van der Waals surface area contributed by atoms with Crippen LogP contribution in [-0.2, 0) is 19.6 Å². The van der Waals surface area contributed by atoms with Gasteiger partial charge in [-0.1, -0.05) is 12.8 Å². The van der Waals surface area contributed by atoms with Gasteiger partial charge in [-0.25, -0.2) is 8.42 Å². The zero-order valence-corrected chi connectivity index (χ0v) is 10.7. The van der Waals surface area contributed by atoms with E-state index in [9.17, 15) is 31.6 Å². The molecular formula is C9H13F3NO5S-. The molecule has 0 aromatic carbocycles. The summed E-state index contributed by atoms with van der Waals surface area (Å²) in [5.74, 6) is -0.908. The average molecular weight is 304 g/mol. The van der Waals surface area contributed by atoms with Gasteiger partial charge in [-0.15, -0.1) is 0 Å². The van der Waals surface area contributed by atoms with Gasteiger partial charge in [0.15, 0.2) is 0 Å². The van der Waals surface area contributed by atoms with Gasteiger partial charge in [0.2, 0.25) is 0 Å². The first-order valence-electron chi connectivity index (χ1n) is 5.59. The minimum atomic E-state index is -5.91. The van der Waals surface area contributed by atoms with E-state index >= 15 is 0 Å². The standard InChI is InChI=1S/C9H13F3NO5S/c10-9(11,12)19(16,17)13(15)5-6-18-8(14)7-3-1-2-4-7/h7H,1-6H2/q-1. The van der Waals surface area contributed by atoms with Crippen molar-refractivity contribution in [3.05, 3.63) is 5.21 Å². The number of hydroxylamine groups is 1. The molecule has 0 atom stereocenters. The molecule has 0 amide bonds. The largest absolute Gasteiger partial charge is 0.772 e. The first-order chi connectivity index (χ1) is 8.66. The molecule has 0 spiro atoms. The number of halogens is 3. The maximum atomic E-state index is 12.0. The van der Waals surface area contributed by atoms with Gasteiger partial charge in [0.25, 0.3) is 0 Å². The average Bonchev–Trinajstić information content (AvgIpc) is 2.80. The molecule has 6 nitrogen and oxygen atoms in total. The zero-order chi connectivity index (χ0) is 14.7. The number of nitrogens with zero attached hydrogens (tertiary/aromatic N) is 1. The van der Waals surface area contributed by atoms with E-state index in [-0.39, 0.29) is 5.92 Å². The quantitative estimate of drug-likeness (QED) is 0.565. The SMILES string of the molecule is O=C(OCCN([O-])S(=O)(=O)C(F)(F)F)C1CCCC1. The van der Waals surface area contributed by atoms with Crippen LogP contribution in [0.3, 0.4) is 0 Å². The molecule has 0 unspecified atom stereocenters. The molecule has 0 aromatic heterocycles. The van der Waals surface area contributed by atoms with Crippen LogP contribution in [0, 0.1) is 11.1 Å². The highest BCUT2D eigenvalue weighted by Gasteiger charge is 2.46. The fourth-order valence-corrected chi connectivity index (χ4v) is 2.28. The summed E-state index contributed by atoms with van der Waals surface area (Å²) < 4.78 is 60.7. The van der Waals surface area contributed by atoms with Crippen LogP contribution in [0.2, 0.25) is 0 Å². The van der Waals surface area contributed by atoms with Crippen molar-refractivity contribution in [2.75, 3.05) is 13.2 Å². The summed E-state index contributed by atoms with van der Waals surface area (Å²) in [7, 11) is -5.91. The minimum Gasteiger partial charge on any atom is -0.772 e. The van der Waals surface area contributed by atoms with E-state index in [0.29, 0.717) is 12.8 Å². The Balaban J connectivity index is 2.39. The highest BCUT2D eigenvalue weighted by atomic mass is 32.2. The Kier molecular flexibility index (Phi) is 5.16. The van der Waals surface area contributed by atoms with Crippen LogP contribution in [0.25, 0.3) is 0 Å². The van der Waals surface area contributed by atoms with E-state index in [1.807, 2.05) is 0 Å². The lowest BCUT2D eigenvalue weighted by atomic mass is 10.1. The summed E-state index contributed by atoms with van der Waals surface area (Å²) >= 11 is 0. The summed E-state index contributed by atoms with van der Waals surface area (Å²) in [6.45, 7) is -1.76. The third-order valence-corrected chi connectivity index (χ3v) is 4.07. The molecular weight excluding hydrogens is 291 g/mol. The van der Waals surface area contributed by atoms with Crippen LogP contribution in [0.15, 0.2) is 0 Å². The maximum absolute atomic E-state index is 12.0. The monoisotopic (exact) mass is 304 g/mol. The Labute approximate surface area is 108 Å². The van der Waals surface area contributed by atoms with Gasteiger partial charge >= 0.3 is 21.5 Å². The van der Waals surface area contributed by atoms with Crippen LogP contribution in [0.5, 0.6) is 0 Å². The second-order valence-corrected chi connectivity index (χ2v) is 5.95. The van der Waals surface area contributed by atoms with E-state index in [2.05, 4.69) is 4.74 Å². The molecule has 1 aliphatic carbocycles. The fraction of sp³-hybridized carbons (Fsp3) is 0.889. The number of esters is 1. The van der Waals surface area contributed by atoms with Crippen molar-refractivity contribution < 1.29 is 31.1 Å². The Morgan fingerprint density at radius 3 is 2.32 bits per heavy atom. The van der Waals surface area contributed by atoms with Crippen molar-refractivity contribution in [1.29, 1.82) is 0 Å². The van der Waals surface area contributed by atoms with Gasteiger partial charge < -0.3 is 9.94 Å². The lowest BCUT2D eigenvalue weighted by Crippen LogP contribution is -2.39. The molecule has 19 heavy (non-hydrogen) atoms. The number of sulfonamides is 1. The van der Waals surface area contributed by atoms with Crippen LogP contribution in [0.4, 0.5) is 13.2 Å². The van der Waals surface area contributed by atoms with E-state index in [4.69, 9.17) is 0 Å². The number of hydrogen-bond acceptors (Lipinski definition) is 5. The first kappa shape index (κ1) is 16.2. The van der Waals surface area contributed by atoms with Gasteiger partial charge in [0.1, 0.15) is 6.61 Å². The molecule has 0 saturated heterocycles. The predicted molar refractivity (Wildman–Crippen MR) is 58.0 cm³/mol. The summed E-state index contributed by atoms with van der Waals surface area (Å²) in [5.41, 5.74) is -5.65. The fourth-order valence-electron chi connectivity index (χ4n) is 1.74. The summed E-state index contributed by atoms with van der Waals surface area (Å²) in [5, 5.41) is 10.8. The second kappa shape index (κ2) is 6.06. The first-order valence-corrected chi connectivity index (χ1v) is 7.03. The van der Waals surface area contributed by atoms with E-state index in [0.717, 1.165) is 12.8 Å². The van der Waals surface area contributed by atoms with Crippen molar-refractivity contribution in [3.8, 4) is 0 Å². The van der Waals surface area contributed by atoms with Gasteiger partial charge in [0.05, 0.1) is 5.92 Å². The van der Waals surface area contributed by atoms with Crippen molar-refractivity contribution in [3.63, 3.8) is 0 Å². The van der Waals surface area contributed by atoms with E-state index < -0.39 is 39.1 Å². The molecule has 1 saturated carbocycles. The topological polar surface area (TPSA) is 86.7 Å². The van der Waals surface area contributed by atoms with Crippen molar-refractivity contribution in [2.45, 2.75) is 31.2 Å². The molecule has 1 aliphatic rings. The van der Waals surface area contributed by atoms with Crippen molar-refractivity contribution in [2.24, 2.45) is 5.92 Å².